The van der Waals surface area contributed by atoms with E-state index < -0.39 is 0 Å². The topological polar surface area (TPSA) is 17.1 Å². The van der Waals surface area contributed by atoms with Crippen LogP contribution in [-0.2, 0) is 0 Å². The van der Waals surface area contributed by atoms with E-state index in [9.17, 15) is 4.79 Å². The third-order valence-corrected chi connectivity index (χ3v) is 2.73. The van der Waals surface area contributed by atoms with Gasteiger partial charge < -0.3 is 0 Å². The predicted molar refractivity (Wildman–Crippen MR) is 59.4 cm³/mol. The number of hydrogen-bond acceptors (Lipinski definition) is 1. The van der Waals surface area contributed by atoms with Gasteiger partial charge in [-0.2, -0.15) is 0 Å². The molecule has 2 rings (SSSR count). The third kappa shape index (κ3) is 1.39. The van der Waals surface area contributed by atoms with Gasteiger partial charge in [0.2, 0.25) is 0 Å². The number of halogens is 2. The molecule has 0 aliphatic rings. The molecule has 2 aromatic carbocycles. The second-order valence-corrected chi connectivity index (χ2v) is 3.73. The van der Waals surface area contributed by atoms with Gasteiger partial charge in [-0.25, -0.2) is 0 Å². The Morgan fingerprint density at radius 1 is 1.00 bits per heavy atom. The van der Waals surface area contributed by atoms with Crippen molar-refractivity contribution in [3.63, 3.8) is 0 Å². The highest BCUT2D eigenvalue weighted by molar-refractivity contribution is 6.40. The smallest absolute Gasteiger partial charge is 0.152 e. The molecule has 70 valence electrons. The molecule has 2 aromatic rings. The van der Waals surface area contributed by atoms with Gasteiger partial charge in [0.15, 0.2) is 6.29 Å². The van der Waals surface area contributed by atoms with Gasteiger partial charge in [0.25, 0.3) is 0 Å². The molecular formula is C11H6Cl2O. The van der Waals surface area contributed by atoms with E-state index >= 15 is 0 Å². The molecule has 0 amide bonds. The van der Waals surface area contributed by atoms with Gasteiger partial charge in [-0.3, -0.25) is 4.79 Å². The summed E-state index contributed by atoms with van der Waals surface area (Å²) in [5, 5.41) is 2.60. The van der Waals surface area contributed by atoms with E-state index in [0.29, 0.717) is 15.6 Å². The molecule has 0 aliphatic carbocycles. The molecule has 0 unspecified atom stereocenters. The molecule has 0 bridgehead atoms. The second kappa shape index (κ2) is 3.60. The van der Waals surface area contributed by atoms with Crippen LogP contribution in [0.5, 0.6) is 0 Å². The predicted octanol–water partition coefficient (Wildman–Crippen LogP) is 3.96. The number of carbonyl (C=O) groups excluding carboxylic acids is 1. The maximum absolute atomic E-state index is 10.8. The van der Waals surface area contributed by atoms with Crippen LogP contribution >= 0.6 is 23.2 Å². The lowest BCUT2D eigenvalue weighted by Gasteiger charge is -2.04. The Hall–Kier alpha value is -1.05. The Morgan fingerprint density at radius 3 is 2.29 bits per heavy atom. The van der Waals surface area contributed by atoms with Crippen LogP contribution in [0, 0.1) is 0 Å². The van der Waals surface area contributed by atoms with Crippen LogP contribution in [-0.4, -0.2) is 6.29 Å². The monoisotopic (exact) mass is 224 g/mol. The lowest BCUT2D eigenvalue weighted by molar-refractivity contribution is 0.112. The normalized spacial score (nSPS) is 10.4. The lowest BCUT2D eigenvalue weighted by Crippen LogP contribution is -1.86. The average molecular weight is 225 g/mol. The van der Waals surface area contributed by atoms with Gasteiger partial charge in [0.05, 0.1) is 5.02 Å². The molecule has 0 fully saturated rings. The van der Waals surface area contributed by atoms with Crippen LogP contribution in [0.2, 0.25) is 10.0 Å². The Morgan fingerprint density at radius 2 is 1.64 bits per heavy atom. The van der Waals surface area contributed by atoms with E-state index in [0.717, 1.165) is 17.1 Å². The van der Waals surface area contributed by atoms with Crippen molar-refractivity contribution in [3.05, 3.63) is 45.9 Å². The largest absolute Gasteiger partial charge is 0.298 e. The number of rotatable bonds is 1. The highest BCUT2D eigenvalue weighted by Crippen LogP contribution is 2.31. The van der Waals surface area contributed by atoms with E-state index in [1.807, 2.05) is 24.3 Å². The maximum Gasteiger partial charge on any atom is 0.152 e. The summed E-state index contributed by atoms with van der Waals surface area (Å²) in [6.07, 6.45) is 0.751. The second-order valence-electron chi connectivity index (χ2n) is 2.92. The SMILES string of the molecule is O=Cc1c(Cl)cc(Cl)c2ccccc12. The van der Waals surface area contributed by atoms with E-state index in [1.165, 1.54) is 0 Å². The fraction of sp³-hybridized carbons (Fsp3) is 0. The van der Waals surface area contributed by atoms with Gasteiger partial charge in [0.1, 0.15) is 0 Å². The van der Waals surface area contributed by atoms with Crippen molar-refractivity contribution in [2.24, 2.45) is 0 Å². The fourth-order valence-electron chi connectivity index (χ4n) is 1.44. The first-order chi connectivity index (χ1) is 6.74. The molecule has 0 atom stereocenters. The highest BCUT2D eigenvalue weighted by atomic mass is 35.5. The van der Waals surface area contributed by atoms with Crippen molar-refractivity contribution in [1.82, 2.24) is 0 Å². The van der Waals surface area contributed by atoms with Crippen LogP contribution in [0.25, 0.3) is 10.8 Å². The zero-order valence-corrected chi connectivity index (χ0v) is 8.64. The van der Waals surface area contributed by atoms with Crippen molar-refractivity contribution in [1.29, 1.82) is 0 Å². The molecule has 1 nitrogen and oxygen atoms in total. The fourth-order valence-corrected chi connectivity index (χ4v) is 2.03. The summed E-state index contributed by atoms with van der Waals surface area (Å²) in [4.78, 5) is 10.8. The van der Waals surface area contributed by atoms with Crippen LogP contribution in [0.4, 0.5) is 0 Å². The number of hydrogen-bond donors (Lipinski definition) is 0. The van der Waals surface area contributed by atoms with Gasteiger partial charge in [-0.1, -0.05) is 47.5 Å². The van der Waals surface area contributed by atoms with Crippen LogP contribution < -0.4 is 0 Å². The van der Waals surface area contributed by atoms with Crippen LogP contribution in [0.15, 0.2) is 30.3 Å². The van der Waals surface area contributed by atoms with Crippen LogP contribution in [0.1, 0.15) is 10.4 Å². The number of benzene rings is 2. The molecule has 0 spiro atoms. The highest BCUT2D eigenvalue weighted by Gasteiger charge is 2.07. The molecule has 0 saturated carbocycles. The summed E-state index contributed by atoms with van der Waals surface area (Å²) in [6, 6.07) is 9.01. The van der Waals surface area contributed by atoms with Crippen LogP contribution in [0.3, 0.4) is 0 Å². The summed E-state index contributed by atoms with van der Waals surface area (Å²) in [7, 11) is 0. The summed E-state index contributed by atoms with van der Waals surface area (Å²) in [6.45, 7) is 0. The van der Waals surface area contributed by atoms with E-state index in [1.54, 1.807) is 6.07 Å². The molecular weight excluding hydrogens is 219 g/mol. The molecule has 0 radical (unpaired) electrons. The lowest BCUT2D eigenvalue weighted by atomic mass is 10.1. The molecule has 0 heterocycles. The van der Waals surface area contributed by atoms with Gasteiger partial charge in [-0.15, -0.1) is 0 Å². The maximum atomic E-state index is 10.8. The standard InChI is InChI=1S/C11H6Cl2O/c12-10-5-11(13)9(6-14)7-3-1-2-4-8(7)10/h1-6H. The Bertz CT molecular complexity index is 506. The van der Waals surface area contributed by atoms with Gasteiger partial charge in [-0.05, 0) is 11.5 Å². The van der Waals surface area contributed by atoms with E-state index in [-0.39, 0.29) is 0 Å². The summed E-state index contributed by atoms with van der Waals surface area (Å²) >= 11 is 11.9. The molecule has 3 heteroatoms. The summed E-state index contributed by atoms with van der Waals surface area (Å²) in [5.41, 5.74) is 0.492. The molecule has 0 aromatic heterocycles. The Balaban J connectivity index is 2.97. The van der Waals surface area contributed by atoms with E-state index in [2.05, 4.69) is 0 Å². The van der Waals surface area contributed by atoms with Crippen molar-refractivity contribution < 1.29 is 4.79 Å². The minimum Gasteiger partial charge on any atom is -0.298 e. The summed E-state index contributed by atoms with van der Waals surface area (Å²) in [5.74, 6) is 0. The molecule has 0 N–H and O–H groups in total. The van der Waals surface area contributed by atoms with Crippen molar-refractivity contribution in [2.75, 3.05) is 0 Å². The van der Waals surface area contributed by atoms with Crippen molar-refractivity contribution in [3.8, 4) is 0 Å². The molecule has 0 aliphatic heterocycles. The number of aldehydes is 1. The van der Waals surface area contributed by atoms with Gasteiger partial charge in [0, 0.05) is 16.0 Å². The average Bonchev–Trinajstić information content (AvgIpc) is 2.18. The summed E-state index contributed by atoms with van der Waals surface area (Å²) < 4.78 is 0. The number of carbonyl (C=O) groups is 1. The Kier molecular flexibility index (Phi) is 2.44. The van der Waals surface area contributed by atoms with Crippen molar-refractivity contribution >= 4 is 40.3 Å². The van der Waals surface area contributed by atoms with E-state index in [4.69, 9.17) is 23.2 Å². The first-order valence-electron chi connectivity index (χ1n) is 4.06. The first-order valence-corrected chi connectivity index (χ1v) is 4.81. The number of fused-ring (bicyclic) bond motifs is 1. The quantitative estimate of drug-likeness (QED) is 0.671. The third-order valence-electron chi connectivity index (χ3n) is 2.10. The first kappa shape index (κ1) is 9.50. The zero-order valence-electron chi connectivity index (χ0n) is 7.13. The Labute approximate surface area is 91.2 Å². The minimum absolute atomic E-state index is 0.392. The zero-order chi connectivity index (χ0) is 10.1. The molecule has 14 heavy (non-hydrogen) atoms. The molecule has 0 saturated heterocycles. The van der Waals surface area contributed by atoms with Crippen molar-refractivity contribution in [2.45, 2.75) is 0 Å². The minimum atomic E-state index is 0.392. The van der Waals surface area contributed by atoms with Gasteiger partial charge >= 0.3 is 0 Å².